The first-order valence-corrected chi connectivity index (χ1v) is 9.37. The lowest BCUT2D eigenvalue weighted by Crippen LogP contribution is -2.53. The van der Waals surface area contributed by atoms with E-state index in [4.69, 9.17) is 10.5 Å². The van der Waals surface area contributed by atoms with Gasteiger partial charge in [-0.2, -0.15) is 0 Å². The number of fused-ring (bicyclic) bond motifs is 2. The van der Waals surface area contributed by atoms with Crippen molar-refractivity contribution in [2.24, 2.45) is 5.73 Å². The summed E-state index contributed by atoms with van der Waals surface area (Å²) in [5.41, 5.74) is 9.22. The Labute approximate surface area is 162 Å². The number of nitrogens with two attached hydrogens (primary N) is 1. The SMILES string of the molecule is CN1CCN(n2cnc3ccc(-c4ccc5c(c4)NC(N)O5)cc3c2=O)CC1. The molecule has 0 radical (unpaired) electrons. The van der Waals surface area contributed by atoms with Crippen LogP contribution in [-0.2, 0) is 0 Å². The Kier molecular flexibility index (Phi) is 3.96. The molecular weight excluding hydrogens is 356 g/mol. The number of nitrogens with one attached hydrogen (secondary N) is 1. The molecule has 28 heavy (non-hydrogen) atoms. The van der Waals surface area contributed by atoms with Crippen LogP contribution in [0.5, 0.6) is 5.75 Å². The van der Waals surface area contributed by atoms with Crippen LogP contribution < -0.4 is 26.4 Å². The van der Waals surface area contributed by atoms with Gasteiger partial charge in [-0.15, -0.1) is 0 Å². The van der Waals surface area contributed by atoms with Crippen molar-refractivity contribution >= 4 is 16.6 Å². The molecule has 0 spiro atoms. The molecule has 3 aromatic rings. The number of hydrogen-bond donors (Lipinski definition) is 2. The van der Waals surface area contributed by atoms with Crippen molar-refractivity contribution in [3.05, 3.63) is 53.1 Å². The largest absolute Gasteiger partial charge is 0.456 e. The average molecular weight is 378 g/mol. The molecule has 0 bridgehead atoms. The van der Waals surface area contributed by atoms with Gasteiger partial charge in [0.05, 0.1) is 16.6 Å². The predicted molar refractivity (Wildman–Crippen MR) is 109 cm³/mol. The molecule has 2 aliphatic heterocycles. The van der Waals surface area contributed by atoms with Crippen LogP contribution in [0.3, 0.4) is 0 Å². The Morgan fingerprint density at radius 3 is 2.68 bits per heavy atom. The maximum atomic E-state index is 13.1. The molecule has 2 aromatic carbocycles. The number of rotatable bonds is 2. The number of piperazine rings is 1. The minimum Gasteiger partial charge on any atom is -0.456 e. The first kappa shape index (κ1) is 17.0. The molecule has 3 heterocycles. The third-order valence-electron chi connectivity index (χ3n) is 5.39. The van der Waals surface area contributed by atoms with Gasteiger partial charge in [-0.1, -0.05) is 12.1 Å². The van der Waals surface area contributed by atoms with E-state index in [9.17, 15) is 4.79 Å². The average Bonchev–Trinajstić information content (AvgIpc) is 3.08. The monoisotopic (exact) mass is 378 g/mol. The number of likely N-dealkylation sites (N-methyl/N-ethyl adjacent to an activating group) is 1. The van der Waals surface area contributed by atoms with Crippen molar-refractivity contribution in [1.29, 1.82) is 0 Å². The topological polar surface area (TPSA) is 88.7 Å². The van der Waals surface area contributed by atoms with Gasteiger partial charge in [-0.25, -0.2) is 9.66 Å². The van der Waals surface area contributed by atoms with Gasteiger partial charge in [-0.05, 0) is 42.4 Å². The Hall–Kier alpha value is -3.10. The van der Waals surface area contributed by atoms with Gasteiger partial charge in [-0.3, -0.25) is 10.5 Å². The van der Waals surface area contributed by atoms with E-state index in [2.05, 4.69) is 27.3 Å². The maximum absolute atomic E-state index is 13.1. The first-order valence-electron chi connectivity index (χ1n) is 9.37. The van der Waals surface area contributed by atoms with Crippen molar-refractivity contribution < 1.29 is 4.74 Å². The van der Waals surface area contributed by atoms with Crippen LogP contribution in [0.1, 0.15) is 0 Å². The summed E-state index contributed by atoms with van der Waals surface area (Å²) in [5, 5.41) is 5.74. The molecule has 144 valence electrons. The van der Waals surface area contributed by atoms with Crippen LogP contribution in [0.25, 0.3) is 22.0 Å². The molecule has 1 saturated heterocycles. The lowest BCUT2D eigenvalue weighted by atomic mass is 10.0. The summed E-state index contributed by atoms with van der Waals surface area (Å²) in [6, 6.07) is 11.6. The molecular formula is C20H22N6O2. The number of nitrogens with zero attached hydrogens (tertiary/aromatic N) is 4. The second-order valence-corrected chi connectivity index (χ2v) is 7.28. The van der Waals surface area contributed by atoms with Crippen LogP contribution in [0.4, 0.5) is 5.69 Å². The molecule has 1 atom stereocenters. The third-order valence-corrected chi connectivity index (χ3v) is 5.39. The standard InChI is InChI=1S/C20H22N6O2/c1-24-6-8-25(9-7-24)26-12-22-16-4-2-13(10-15(16)19(26)27)14-3-5-18-17(11-14)23-20(21)28-18/h2-5,10-12,20,23H,6-9,21H2,1H3. The number of ether oxygens (including phenoxy) is 1. The molecule has 1 aromatic heterocycles. The zero-order valence-corrected chi connectivity index (χ0v) is 15.6. The normalized spacial score (nSPS) is 19.4. The van der Waals surface area contributed by atoms with Crippen LogP contribution >= 0.6 is 0 Å². The summed E-state index contributed by atoms with van der Waals surface area (Å²) in [4.78, 5) is 19.9. The Balaban J connectivity index is 1.54. The summed E-state index contributed by atoms with van der Waals surface area (Å²) in [6.45, 7) is 3.47. The summed E-state index contributed by atoms with van der Waals surface area (Å²) in [5.74, 6) is 0.733. The second kappa shape index (κ2) is 6.50. The fourth-order valence-corrected chi connectivity index (χ4v) is 3.75. The van der Waals surface area contributed by atoms with E-state index in [0.717, 1.165) is 48.7 Å². The molecule has 8 nitrogen and oxygen atoms in total. The number of benzene rings is 2. The van der Waals surface area contributed by atoms with Gasteiger partial charge in [0.15, 0.2) is 0 Å². The van der Waals surface area contributed by atoms with E-state index in [0.29, 0.717) is 10.9 Å². The highest BCUT2D eigenvalue weighted by Crippen LogP contribution is 2.35. The lowest BCUT2D eigenvalue weighted by Gasteiger charge is -2.34. The van der Waals surface area contributed by atoms with E-state index in [1.807, 2.05) is 36.4 Å². The minimum absolute atomic E-state index is 0.0407. The van der Waals surface area contributed by atoms with Gasteiger partial charge < -0.3 is 20.0 Å². The summed E-state index contributed by atoms with van der Waals surface area (Å²) in [6.07, 6.45) is 1.11. The quantitative estimate of drug-likeness (QED) is 0.688. The van der Waals surface area contributed by atoms with E-state index in [1.54, 1.807) is 11.0 Å². The summed E-state index contributed by atoms with van der Waals surface area (Å²) in [7, 11) is 2.09. The minimum atomic E-state index is -0.526. The molecule has 0 amide bonds. The zero-order valence-electron chi connectivity index (χ0n) is 15.6. The van der Waals surface area contributed by atoms with Crippen molar-refractivity contribution in [2.45, 2.75) is 6.35 Å². The van der Waals surface area contributed by atoms with Crippen LogP contribution in [0.15, 0.2) is 47.5 Å². The number of anilines is 1. The molecule has 3 N–H and O–H groups in total. The molecule has 0 saturated carbocycles. The van der Waals surface area contributed by atoms with Gasteiger partial charge in [0.25, 0.3) is 5.56 Å². The number of hydrogen-bond acceptors (Lipinski definition) is 7. The molecule has 0 aliphatic carbocycles. The molecule has 1 unspecified atom stereocenters. The van der Waals surface area contributed by atoms with Crippen molar-refractivity contribution in [1.82, 2.24) is 14.6 Å². The highest BCUT2D eigenvalue weighted by Gasteiger charge is 2.19. The zero-order chi connectivity index (χ0) is 19.3. The third kappa shape index (κ3) is 2.87. The Morgan fingerprint density at radius 1 is 1.11 bits per heavy atom. The molecule has 5 rings (SSSR count). The number of aromatic nitrogens is 2. The second-order valence-electron chi connectivity index (χ2n) is 7.28. The summed E-state index contributed by atoms with van der Waals surface area (Å²) < 4.78 is 7.12. The predicted octanol–water partition coefficient (Wildman–Crippen LogP) is 0.993. The maximum Gasteiger partial charge on any atom is 0.279 e. The Bertz CT molecular complexity index is 1100. The highest BCUT2D eigenvalue weighted by atomic mass is 16.5. The Morgan fingerprint density at radius 2 is 1.86 bits per heavy atom. The van der Waals surface area contributed by atoms with Crippen LogP contribution in [0.2, 0.25) is 0 Å². The van der Waals surface area contributed by atoms with Crippen molar-refractivity contribution in [3.8, 4) is 16.9 Å². The molecule has 1 fully saturated rings. The van der Waals surface area contributed by atoms with Crippen molar-refractivity contribution in [2.75, 3.05) is 43.6 Å². The first-order chi connectivity index (χ1) is 13.6. The molecule has 8 heteroatoms. The van der Waals surface area contributed by atoms with E-state index < -0.39 is 6.35 Å². The summed E-state index contributed by atoms with van der Waals surface area (Å²) >= 11 is 0. The van der Waals surface area contributed by atoms with E-state index >= 15 is 0 Å². The van der Waals surface area contributed by atoms with E-state index in [1.165, 1.54) is 0 Å². The van der Waals surface area contributed by atoms with Crippen molar-refractivity contribution in [3.63, 3.8) is 0 Å². The van der Waals surface area contributed by atoms with Gasteiger partial charge in [0.2, 0.25) is 6.35 Å². The smallest absolute Gasteiger partial charge is 0.279 e. The fourth-order valence-electron chi connectivity index (χ4n) is 3.75. The highest BCUT2D eigenvalue weighted by molar-refractivity contribution is 5.85. The fraction of sp³-hybridized carbons (Fsp3) is 0.300. The molecule has 2 aliphatic rings. The van der Waals surface area contributed by atoms with Crippen LogP contribution in [-0.4, -0.2) is 54.1 Å². The van der Waals surface area contributed by atoms with Gasteiger partial charge in [0.1, 0.15) is 12.1 Å². The van der Waals surface area contributed by atoms with Gasteiger partial charge >= 0.3 is 0 Å². The van der Waals surface area contributed by atoms with Crippen LogP contribution in [0, 0.1) is 0 Å². The van der Waals surface area contributed by atoms with Gasteiger partial charge in [0, 0.05) is 26.2 Å². The lowest BCUT2D eigenvalue weighted by molar-refractivity contribution is 0.262. The van der Waals surface area contributed by atoms with E-state index in [-0.39, 0.29) is 5.56 Å².